The summed E-state index contributed by atoms with van der Waals surface area (Å²) in [6.07, 6.45) is 0.358. The predicted molar refractivity (Wildman–Crippen MR) is 94.0 cm³/mol. The van der Waals surface area contributed by atoms with E-state index in [1.807, 2.05) is 0 Å². The second-order valence-corrected chi connectivity index (χ2v) is 6.22. The molecule has 0 spiro atoms. The topological polar surface area (TPSA) is 59.4 Å². The highest BCUT2D eigenvalue weighted by Gasteiger charge is 2.32. The van der Waals surface area contributed by atoms with Crippen molar-refractivity contribution in [2.24, 2.45) is 0 Å². The number of benzene rings is 1. The first-order valence-electron chi connectivity index (χ1n) is 8.56. The van der Waals surface area contributed by atoms with Crippen LogP contribution in [-0.2, 0) is 10.9 Å². The summed E-state index contributed by atoms with van der Waals surface area (Å²) in [6.45, 7) is 1.93. The van der Waals surface area contributed by atoms with Gasteiger partial charge in [0.25, 0.3) is 0 Å². The summed E-state index contributed by atoms with van der Waals surface area (Å²) in [5.74, 6) is -0.708. The van der Waals surface area contributed by atoms with Crippen LogP contribution < -0.4 is 0 Å². The highest BCUT2D eigenvalue weighted by atomic mass is 19.4. The minimum atomic E-state index is -4.49. The second kappa shape index (κ2) is 7.42. The van der Waals surface area contributed by atoms with Gasteiger partial charge in [-0.1, -0.05) is 0 Å². The van der Waals surface area contributed by atoms with Crippen LogP contribution in [0.2, 0.25) is 0 Å². The van der Waals surface area contributed by atoms with E-state index in [1.165, 1.54) is 6.20 Å². The van der Waals surface area contributed by atoms with E-state index >= 15 is 0 Å². The summed E-state index contributed by atoms with van der Waals surface area (Å²) in [5, 5.41) is 10.1. The van der Waals surface area contributed by atoms with Crippen LogP contribution in [0.25, 0.3) is 11.1 Å². The van der Waals surface area contributed by atoms with Gasteiger partial charge in [0, 0.05) is 18.0 Å². The van der Waals surface area contributed by atoms with Crippen LogP contribution >= 0.6 is 0 Å². The minimum absolute atomic E-state index is 0.166. The number of carbonyl (C=O) groups is 1. The Morgan fingerprint density at radius 1 is 1.19 bits per heavy atom. The maximum Gasteiger partial charge on any atom is 0.416 e. The largest absolute Gasteiger partial charge is 0.507 e. The van der Waals surface area contributed by atoms with Crippen molar-refractivity contribution in [3.05, 3.63) is 58.9 Å². The van der Waals surface area contributed by atoms with Crippen molar-refractivity contribution >= 4 is 17.1 Å². The van der Waals surface area contributed by atoms with E-state index in [4.69, 9.17) is 4.74 Å². The molecule has 0 aliphatic heterocycles. The number of aromatic hydroxyl groups is 1. The van der Waals surface area contributed by atoms with Crippen molar-refractivity contribution < 1.29 is 27.8 Å². The zero-order chi connectivity index (χ0) is 19.6. The molecular weight excluding hydrogens is 359 g/mol. The Kier molecular flexibility index (Phi) is 5.21. The number of nitrogens with zero attached hydrogens (tertiary/aromatic N) is 1. The Labute approximate surface area is 154 Å². The van der Waals surface area contributed by atoms with Gasteiger partial charge >= 0.3 is 12.1 Å². The zero-order valence-corrected chi connectivity index (χ0v) is 14.6. The van der Waals surface area contributed by atoms with Crippen LogP contribution in [0.3, 0.4) is 0 Å². The molecule has 1 N–H and O–H groups in total. The van der Waals surface area contributed by atoms with E-state index in [-0.39, 0.29) is 23.5 Å². The normalized spacial score (nSPS) is 14.5. The lowest BCUT2D eigenvalue weighted by Gasteiger charge is -2.14. The summed E-state index contributed by atoms with van der Waals surface area (Å²) < 4.78 is 44.2. The van der Waals surface area contributed by atoms with Gasteiger partial charge in [-0.25, -0.2) is 4.79 Å². The predicted octanol–water partition coefficient (Wildman–Crippen LogP) is 5.08. The molecule has 1 aromatic carbocycles. The molecule has 4 nitrogen and oxygen atoms in total. The first-order chi connectivity index (χ1) is 12.8. The average molecular weight is 377 g/mol. The lowest BCUT2D eigenvalue weighted by atomic mass is 9.95. The van der Waals surface area contributed by atoms with E-state index in [0.717, 1.165) is 30.2 Å². The van der Waals surface area contributed by atoms with Gasteiger partial charge in [0.1, 0.15) is 5.75 Å². The number of alkyl halides is 3. The third kappa shape index (κ3) is 3.97. The summed E-state index contributed by atoms with van der Waals surface area (Å²) in [4.78, 5) is 16.0. The van der Waals surface area contributed by atoms with Gasteiger partial charge in [0.05, 0.1) is 17.7 Å². The van der Waals surface area contributed by atoms with Crippen molar-refractivity contribution in [3.63, 3.8) is 0 Å². The van der Waals surface area contributed by atoms with E-state index in [1.54, 1.807) is 19.2 Å². The number of hydrogen-bond acceptors (Lipinski definition) is 4. The minimum Gasteiger partial charge on any atom is -0.507 e. The molecule has 7 heteroatoms. The van der Waals surface area contributed by atoms with Crippen LogP contribution in [0.4, 0.5) is 13.2 Å². The fourth-order valence-electron chi connectivity index (χ4n) is 3.24. The molecule has 142 valence electrons. The number of phenolic OH excluding ortho intramolecular Hbond substituents is 1. The Hall–Kier alpha value is -2.83. The Morgan fingerprint density at radius 2 is 1.93 bits per heavy atom. The molecule has 0 saturated heterocycles. The molecule has 1 heterocycles. The zero-order valence-electron chi connectivity index (χ0n) is 14.6. The number of ether oxygens (including phenoxy) is 1. The number of allylic oxidation sites excluding steroid dienone is 2. The molecule has 0 amide bonds. The molecule has 1 aromatic heterocycles. The van der Waals surface area contributed by atoms with Gasteiger partial charge in [0.15, 0.2) is 0 Å². The lowest BCUT2D eigenvalue weighted by molar-refractivity contribution is -0.137. The Balaban J connectivity index is 2.07. The molecule has 3 rings (SSSR count). The van der Waals surface area contributed by atoms with Crippen molar-refractivity contribution in [3.8, 4) is 5.75 Å². The van der Waals surface area contributed by atoms with Gasteiger partial charge in [-0.05, 0) is 67.2 Å². The monoisotopic (exact) mass is 377 g/mol. The molecule has 0 saturated carbocycles. The van der Waals surface area contributed by atoms with Crippen molar-refractivity contribution in [1.29, 1.82) is 0 Å². The SMILES string of the molecule is CCOC(=O)c1cncc(C2=C(c3cc(C(F)(F)F)ccc3O)CCC2)c1. The standard InChI is InChI=1S/C20H18F3NO3/c1-2-27-19(26)13-8-12(10-24-11-13)15-4-3-5-16(15)17-9-14(20(21,22)23)6-7-18(17)25/h6-11,25H,2-5H2,1H3. The number of hydrogen-bond donors (Lipinski definition) is 1. The summed E-state index contributed by atoms with van der Waals surface area (Å²) in [7, 11) is 0. The van der Waals surface area contributed by atoms with Gasteiger partial charge in [-0.15, -0.1) is 0 Å². The van der Waals surface area contributed by atoms with Crippen LogP contribution in [0, 0.1) is 0 Å². The van der Waals surface area contributed by atoms with Crippen molar-refractivity contribution in [2.75, 3.05) is 6.61 Å². The first-order valence-corrected chi connectivity index (χ1v) is 8.56. The highest BCUT2D eigenvalue weighted by molar-refractivity contribution is 5.96. The summed E-state index contributed by atoms with van der Waals surface area (Å²) >= 11 is 0. The van der Waals surface area contributed by atoms with E-state index in [9.17, 15) is 23.1 Å². The Bertz CT molecular complexity index is 904. The van der Waals surface area contributed by atoms with E-state index in [0.29, 0.717) is 24.0 Å². The number of pyridine rings is 1. The van der Waals surface area contributed by atoms with Gasteiger partial charge < -0.3 is 9.84 Å². The van der Waals surface area contributed by atoms with Crippen LogP contribution in [0.5, 0.6) is 5.75 Å². The van der Waals surface area contributed by atoms with E-state index < -0.39 is 17.7 Å². The summed E-state index contributed by atoms with van der Waals surface area (Å²) in [6, 6.07) is 4.51. The molecule has 0 bridgehead atoms. The number of halogens is 3. The number of carbonyl (C=O) groups excluding carboxylic acids is 1. The number of phenols is 1. The van der Waals surface area contributed by atoms with Crippen molar-refractivity contribution in [1.82, 2.24) is 4.98 Å². The molecule has 0 atom stereocenters. The quantitative estimate of drug-likeness (QED) is 0.755. The van der Waals surface area contributed by atoms with Gasteiger partial charge in [0.2, 0.25) is 0 Å². The number of rotatable bonds is 4. The van der Waals surface area contributed by atoms with Crippen LogP contribution in [-0.4, -0.2) is 22.7 Å². The Morgan fingerprint density at radius 3 is 2.63 bits per heavy atom. The smallest absolute Gasteiger partial charge is 0.416 e. The maximum atomic E-state index is 13.1. The van der Waals surface area contributed by atoms with Gasteiger partial charge in [-0.2, -0.15) is 13.2 Å². The molecule has 27 heavy (non-hydrogen) atoms. The second-order valence-electron chi connectivity index (χ2n) is 6.22. The van der Waals surface area contributed by atoms with Gasteiger partial charge in [-0.3, -0.25) is 4.98 Å². The fourth-order valence-corrected chi connectivity index (χ4v) is 3.24. The first kappa shape index (κ1) is 18.9. The third-order valence-corrected chi connectivity index (χ3v) is 4.46. The van der Waals surface area contributed by atoms with Crippen molar-refractivity contribution in [2.45, 2.75) is 32.4 Å². The van der Waals surface area contributed by atoms with Crippen LogP contribution in [0.15, 0.2) is 36.7 Å². The van der Waals surface area contributed by atoms with Crippen LogP contribution in [0.1, 0.15) is 53.2 Å². The molecule has 1 aliphatic rings. The fraction of sp³-hybridized carbons (Fsp3) is 0.300. The molecule has 1 aliphatic carbocycles. The lowest BCUT2D eigenvalue weighted by Crippen LogP contribution is -2.06. The summed E-state index contributed by atoms with van der Waals surface area (Å²) in [5.41, 5.74) is 1.70. The average Bonchev–Trinajstić information content (AvgIpc) is 3.11. The molecule has 0 fully saturated rings. The third-order valence-electron chi connectivity index (χ3n) is 4.46. The number of esters is 1. The highest BCUT2D eigenvalue weighted by Crippen LogP contribution is 2.44. The number of aromatic nitrogens is 1. The molecule has 0 radical (unpaired) electrons. The molecule has 2 aromatic rings. The van der Waals surface area contributed by atoms with E-state index in [2.05, 4.69) is 4.98 Å². The molecule has 0 unspecified atom stereocenters. The maximum absolute atomic E-state index is 13.1. The molecular formula is C20H18F3NO3.